The number of hydrogen-bond donors (Lipinski definition) is 2. The van der Waals surface area contributed by atoms with Gasteiger partial charge < -0.3 is 20.1 Å². The van der Waals surface area contributed by atoms with Gasteiger partial charge in [-0.25, -0.2) is 0 Å². The lowest BCUT2D eigenvalue weighted by Crippen LogP contribution is -2.50. The summed E-state index contributed by atoms with van der Waals surface area (Å²) in [4.78, 5) is 35.5. The highest BCUT2D eigenvalue weighted by Gasteiger charge is 2.38. The molecule has 0 bridgehead atoms. The number of fused-ring (bicyclic) bond motifs is 1. The van der Waals surface area contributed by atoms with Gasteiger partial charge in [0.05, 0.1) is 6.42 Å². The molecule has 37 heavy (non-hydrogen) atoms. The summed E-state index contributed by atoms with van der Waals surface area (Å²) in [5, 5.41) is 4.42. The SMILES string of the molecule is CN(C)c1ccc([C@@H](C(=O)NC2CCCCC2)N(C(=O)Cc2c[nH]c3ccccc23)C2CCCC2)cc1. The molecule has 2 amide bonds. The zero-order valence-electron chi connectivity index (χ0n) is 22.2. The Labute approximate surface area is 220 Å². The minimum atomic E-state index is -0.626. The van der Waals surface area contributed by atoms with Crippen LogP contribution in [-0.4, -0.2) is 47.9 Å². The molecule has 0 aliphatic heterocycles. The molecule has 3 aromatic rings. The third-order valence-electron chi connectivity index (χ3n) is 8.23. The summed E-state index contributed by atoms with van der Waals surface area (Å²) in [5.74, 6) is -0.0131. The highest BCUT2D eigenvalue weighted by molar-refractivity contribution is 5.93. The molecule has 2 fully saturated rings. The Morgan fingerprint density at radius 3 is 2.30 bits per heavy atom. The summed E-state index contributed by atoms with van der Waals surface area (Å²) in [6.45, 7) is 0. The zero-order valence-corrected chi connectivity index (χ0v) is 22.2. The van der Waals surface area contributed by atoms with Crippen molar-refractivity contribution in [2.45, 2.75) is 82.3 Å². The summed E-state index contributed by atoms with van der Waals surface area (Å²) in [6.07, 6.45) is 11.9. The molecule has 2 aliphatic carbocycles. The maximum Gasteiger partial charge on any atom is 0.247 e. The number of anilines is 1. The van der Waals surface area contributed by atoms with Crippen LogP contribution in [0.4, 0.5) is 5.69 Å². The van der Waals surface area contributed by atoms with Crippen LogP contribution in [0.2, 0.25) is 0 Å². The Morgan fingerprint density at radius 2 is 1.59 bits per heavy atom. The number of carbonyl (C=O) groups is 2. The molecule has 0 radical (unpaired) electrons. The summed E-state index contributed by atoms with van der Waals surface area (Å²) in [7, 11) is 4.02. The highest BCUT2D eigenvalue weighted by atomic mass is 16.2. The van der Waals surface area contributed by atoms with Crippen molar-refractivity contribution in [3.63, 3.8) is 0 Å². The number of rotatable bonds is 8. The predicted molar refractivity (Wildman–Crippen MR) is 150 cm³/mol. The number of hydrogen-bond acceptors (Lipinski definition) is 3. The van der Waals surface area contributed by atoms with Crippen LogP contribution in [0, 0.1) is 0 Å². The van der Waals surface area contributed by atoms with Crippen LogP contribution < -0.4 is 10.2 Å². The molecular weight excluding hydrogens is 460 g/mol. The molecule has 5 rings (SSSR count). The van der Waals surface area contributed by atoms with E-state index in [4.69, 9.17) is 0 Å². The minimum Gasteiger partial charge on any atom is -0.378 e. The van der Waals surface area contributed by atoms with Gasteiger partial charge in [-0.2, -0.15) is 0 Å². The lowest BCUT2D eigenvalue weighted by Gasteiger charge is -2.37. The topological polar surface area (TPSA) is 68.4 Å². The average Bonchev–Trinajstić information content (AvgIpc) is 3.58. The van der Waals surface area contributed by atoms with Crippen LogP contribution in [0.25, 0.3) is 10.9 Å². The lowest BCUT2D eigenvalue weighted by molar-refractivity contribution is -0.143. The van der Waals surface area contributed by atoms with Crippen molar-refractivity contribution in [3.8, 4) is 0 Å². The fourth-order valence-corrected chi connectivity index (χ4v) is 6.19. The second-order valence-electron chi connectivity index (χ2n) is 11.0. The van der Waals surface area contributed by atoms with E-state index in [-0.39, 0.29) is 30.3 Å². The predicted octanol–water partition coefficient (Wildman–Crippen LogP) is 5.74. The number of benzene rings is 2. The molecule has 2 aromatic carbocycles. The van der Waals surface area contributed by atoms with Gasteiger partial charge in [-0.05, 0) is 55.0 Å². The van der Waals surface area contributed by atoms with Crippen LogP contribution >= 0.6 is 0 Å². The summed E-state index contributed by atoms with van der Waals surface area (Å²) < 4.78 is 0. The maximum absolute atomic E-state index is 14.2. The molecule has 196 valence electrons. The Hall–Kier alpha value is -3.28. The van der Waals surface area contributed by atoms with E-state index in [2.05, 4.69) is 21.3 Å². The first-order chi connectivity index (χ1) is 18.0. The van der Waals surface area contributed by atoms with Crippen molar-refractivity contribution < 1.29 is 9.59 Å². The van der Waals surface area contributed by atoms with Crippen molar-refractivity contribution in [1.82, 2.24) is 15.2 Å². The van der Waals surface area contributed by atoms with Gasteiger partial charge in [0.15, 0.2) is 0 Å². The van der Waals surface area contributed by atoms with Crippen molar-refractivity contribution >= 4 is 28.4 Å². The Kier molecular flexibility index (Phi) is 7.82. The van der Waals surface area contributed by atoms with Gasteiger partial charge in [-0.15, -0.1) is 0 Å². The fourth-order valence-electron chi connectivity index (χ4n) is 6.19. The van der Waals surface area contributed by atoms with Gasteiger partial charge >= 0.3 is 0 Å². The van der Waals surface area contributed by atoms with Gasteiger partial charge in [-0.3, -0.25) is 9.59 Å². The second kappa shape index (κ2) is 11.4. The molecule has 2 N–H and O–H groups in total. The maximum atomic E-state index is 14.2. The Bertz CT molecular complexity index is 1200. The number of nitrogens with zero attached hydrogens (tertiary/aromatic N) is 2. The van der Waals surface area contributed by atoms with Gasteiger partial charge in [0.1, 0.15) is 6.04 Å². The van der Waals surface area contributed by atoms with Crippen LogP contribution in [0.3, 0.4) is 0 Å². The lowest BCUT2D eigenvalue weighted by atomic mass is 9.94. The zero-order chi connectivity index (χ0) is 25.8. The van der Waals surface area contributed by atoms with Crippen LogP contribution in [-0.2, 0) is 16.0 Å². The Morgan fingerprint density at radius 1 is 0.919 bits per heavy atom. The van der Waals surface area contributed by atoms with Gasteiger partial charge in [0.2, 0.25) is 11.8 Å². The second-order valence-corrected chi connectivity index (χ2v) is 11.0. The third-order valence-corrected chi connectivity index (χ3v) is 8.23. The van der Waals surface area contributed by atoms with E-state index >= 15 is 0 Å². The number of para-hydroxylation sites is 1. The number of carbonyl (C=O) groups excluding carboxylic acids is 2. The smallest absolute Gasteiger partial charge is 0.247 e. The standard InChI is InChI=1S/C31H40N4O2/c1-34(2)25-18-16-22(17-19-25)30(31(37)33-24-10-4-3-5-11-24)35(26-12-6-7-13-26)29(36)20-23-21-32-28-15-9-8-14-27(23)28/h8-9,14-19,21,24,26,30,32H,3-7,10-13,20H2,1-2H3,(H,33,37)/t30-/m0/s1. The van der Waals surface area contributed by atoms with Crippen LogP contribution in [0.1, 0.15) is 75.0 Å². The first kappa shape index (κ1) is 25.4. The number of nitrogens with one attached hydrogen (secondary N) is 2. The quantitative estimate of drug-likeness (QED) is 0.415. The van der Waals surface area contributed by atoms with E-state index in [1.807, 2.05) is 67.7 Å². The number of amides is 2. The number of aromatic nitrogens is 1. The van der Waals surface area contributed by atoms with Gasteiger partial charge in [0, 0.05) is 49.0 Å². The van der Waals surface area contributed by atoms with Crippen LogP contribution in [0.15, 0.2) is 54.7 Å². The van der Waals surface area contributed by atoms with Gasteiger partial charge in [0.25, 0.3) is 0 Å². The van der Waals surface area contributed by atoms with E-state index in [1.165, 1.54) is 6.42 Å². The third kappa shape index (κ3) is 5.68. The molecule has 0 saturated heterocycles. The molecule has 0 unspecified atom stereocenters. The molecule has 1 aromatic heterocycles. The van der Waals surface area contributed by atoms with E-state index < -0.39 is 6.04 Å². The normalized spacial score (nSPS) is 17.6. The summed E-state index contributed by atoms with van der Waals surface area (Å²) >= 11 is 0. The Balaban J connectivity index is 1.49. The van der Waals surface area contributed by atoms with E-state index in [0.717, 1.165) is 79.1 Å². The molecule has 0 spiro atoms. The van der Waals surface area contributed by atoms with Gasteiger partial charge in [-0.1, -0.05) is 62.4 Å². The summed E-state index contributed by atoms with van der Waals surface area (Å²) in [5.41, 5.74) is 3.98. The molecule has 1 atom stereocenters. The molecule has 2 saturated carbocycles. The first-order valence-electron chi connectivity index (χ1n) is 13.9. The number of aromatic amines is 1. The van der Waals surface area contributed by atoms with Crippen LogP contribution in [0.5, 0.6) is 0 Å². The molecule has 6 heteroatoms. The molecular formula is C31H40N4O2. The van der Waals surface area contributed by atoms with E-state index in [9.17, 15) is 9.59 Å². The largest absolute Gasteiger partial charge is 0.378 e. The van der Waals surface area contributed by atoms with Crippen molar-refractivity contribution in [2.24, 2.45) is 0 Å². The highest BCUT2D eigenvalue weighted by Crippen LogP contribution is 2.34. The molecule has 1 heterocycles. The van der Waals surface area contributed by atoms with E-state index in [1.54, 1.807) is 0 Å². The van der Waals surface area contributed by atoms with Crippen molar-refractivity contribution in [1.29, 1.82) is 0 Å². The average molecular weight is 501 g/mol. The summed E-state index contributed by atoms with van der Waals surface area (Å²) in [6, 6.07) is 15.9. The first-order valence-corrected chi connectivity index (χ1v) is 13.9. The monoisotopic (exact) mass is 500 g/mol. The molecule has 6 nitrogen and oxygen atoms in total. The van der Waals surface area contributed by atoms with Crippen molar-refractivity contribution in [2.75, 3.05) is 19.0 Å². The minimum absolute atomic E-state index is 0.0251. The van der Waals surface area contributed by atoms with E-state index in [0.29, 0.717) is 0 Å². The fraction of sp³-hybridized carbons (Fsp3) is 0.484. The number of H-pyrrole nitrogens is 1. The van der Waals surface area contributed by atoms with Crippen molar-refractivity contribution in [3.05, 3.63) is 65.9 Å². The molecule has 2 aliphatic rings.